The first-order valence-electron chi connectivity index (χ1n) is 8.41. The van der Waals surface area contributed by atoms with E-state index in [0.717, 1.165) is 0 Å². The van der Waals surface area contributed by atoms with Crippen LogP contribution in [0.4, 0.5) is 4.79 Å². The number of rotatable bonds is 4. The average Bonchev–Trinajstić information content (AvgIpc) is 2.55. The first-order chi connectivity index (χ1) is 12.0. The van der Waals surface area contributed by atoms with Crippen molar-refractivity contribution >= 4 is 15.9 Å². The van der Waals surface area contributed by atoms with Gasteiger partial charge in [-0.2, -0.15) is 0 Å². The Kier molecular flexibility index (Phi) is 5.63. The predicted molar refractivity (Wildman–Crippen MR) is 101 cm³/mol. The molecule has 6 nitrogen and oxygen atoms in total. The number of ether oxygens (including phenoxy) is 1. The van der Waals surface area contributed by atoms with Gasteiger partial charge in [-0.3, -0.25) is 0 Å². The van der Waals surface area contributed by atoms with Crippen molar-refractivity contribution in [2.24, 2.45) is 5.73 Å². The van der Waals surface area contributed by atoms with Gasteiger partial charge >= 0.3 is 6.09 Å². The first kappa shape index (κ1) is 20.2. The van der Waals surface area contributed by atoms with Crippen LogP contribution in [0.2, 0.25) is 0 Å². The molecular formula is C19H26N2O4S. The molecule has 0 fully saturated rings. The zero-order valence-corrected chi connectivity index (χ0v) is 16.3. The molecule has 0 aromatic heterocycles. The molecule has 0 bridgehead atoms. The zero-order valence-electron chi connectivity index (χ0n) is 15.5. The van der Waals surface area contributed by atoms with E-state index in [9.17, 15) is 13.2 Å². The number of carbonyl (C=O) groups is 1. The standard InChI is InChI=1S/C19H26N2O4S/c1-14(26(23,24)16-8-6-5-7-9-16)19(12-10-15(20)11-13-19)21-17(22)25-18(2,3)4/h5-15H,20H2,1-4H3,(H,21,22). The third-order valence-electron chi connectivity index (χ3n) is 4.12. The van der Waals surface area contributed by atoms with Crippen LogP contribution in [-0.4, -0.2) is 36.9 Å². The van der Waals surface area contributed by atoms with Crippen molar-refractivity contribution in [1.29, 1.82) is 0 Å². The molecule has 1 aromatic rings. The Bertz CT molecular complexity index is 794. The van der Waals surface area contributed by atoms with Crippen LogP contribution in [0.1, 0.15) is 27.7 Å². The predicted octanol–water partition coefficient (Wildman–Crippen LogP) is 2.57. The van der Waals surface area contributed by atoms with Gasteiger partial charge in [0.25, 0.3) is 0 Å². The van der Waals surface area contributed by atoms with E-state index in [1.165, 1.54) is 12.1 Å². The maximum Gasteiger partial charge on any atom is 0.408 e. The summed E-state index contributed by atoms with van der Waals surface area (Å²) in [4.78, 5) is 12.5. The van der Waals surface area contributed by atoms with Crippen LogP contribution in [0.15, 0.2) is 59.5 Å². The number of hydrogen-bond acceptors (Lipinski definition) is 5. The number of amides is 1. The Morgan fingerprint density at radius 2 is 1.73 bits per heavy atom. The maximum atomic E-state index is 13.1. The minimum atomic E-state index is -3.72. The van der Waals surface area contributed by atoms with E-state index >= 15 is 0 Å². The highest BCUT2D eigenvalue weighted by Crippen LogP contribution is 2.29. The molecule has 1 amide bonds. The molecule has 26 heavy (non-hydrogen) atoms. The third kappa shape index (κ3) is 4.53. The number of nitrogens with one attached hydrogen (secondary N) is 1. The van der Waals surface area contributed by atoms with Gasteiger partial charge in [0.1, 0.15) is 5.60 Å². The Morgan fingerprint density at radius 1 is 1.19 bits per heavy atom. The van der Waals surface area contributed by atoms with Crippen LogP contribution >= 0.6 is 0 Å². The smallest absolute Gasteiger partial charge is 0.408 e. The molecule has 3 N–H and O–H groups in total. The summed E-state index contributed by atoms with van der Waals surface area (Å²) < 4.78 is 31.5. The van der Waals surface area contributed by atoms with Crippen molar-refractivity contribution in [3.05, 3.63) is 54.6 Å². The van der Waals surface area contributed by atoms with Crippen molar-refractivity contribution in [3.8, 4) is 0 Å². The second kappa shape index (κ2) is 7.25. The van der Waals surface area contributed by atoms with Crippen LogP contribution in [0.25, 0.3) is 0 Å². The highest BCUT2D eigenvalue weighted by Gasteiger charge is 2.43. The molecule has 1 aliphatic carbocycles. The van der Waals surface area contributed by atoms with Gasteiger partial charge in [0, 0.05) is 6.04 Å². The van der Waals surface area contributed by atoms with Crippen LogP contribution in [0.5, 0.6) is 0 Å². The Morgan fingerprint density at radius 3 is 2.23 bits per heavy atom. The van der Waals surface area contributed by atoms with Gasteiger partial charge in [0.15, 0.2) is 9.84 Å². The molecule has 1 unspecified atom stereocenters. The molecule has 0 radical (unpaired) electrons. The summed E-state index contributed by atoms with van der Waals surface area (Å²) in [6, 6.07) is 7.81. The normalized spacial score (nSPS) is 24.1. The molecule has 1 atom stereocenters. The number of benzene rings is 1. The summed E-state index contributed by atoms with van der Waals surface area (Å²) in [6.45, 7) is 6.79. The minimum absolute atomic E-state index is 0.189. The SMILES string of the molecule is CC(C1(NC(=O)OC(C)(C)C)C=CC(N)C=C1)S(=O)(=O)c1ccccc1. The van der Waals surface area contributed by atoms with E-state index < -0.39 is 32.3 Å². The summed E-state index contributed by atoms with van der Waals surface area (Å²) in [5.41, 5.74) is 3.88. The van der Waals surface area contributed by atoms with Crippen molar-refractivity contribution < 1.29 is 17.9 Å². The zero-order chi connectivity index (χ0) is 19.6. The first-order valence-corrected chi connectivity index (χ1v) is 9.95. The number of nitrogens with two attached hydrogens (primary N) is 1. The summed E-state index contributed by atoms with van der Waals surface area (Å²) >= 11 is 0. The fourth-order valence-electron chi connectivity index (χ4n) is 2.67. The molecule has 7 heteroatoms. The van der Waals surface area contributed by atoms with E-state index in [2.05, 4.69) is 5.32 Å². The third-order valence-corrected chi connectivity index (χ3v) is 6.37. The average molecular weight is 378 g/mol. The summed E-state index contributed by atoms with van der Waals surface area (Å²) in [5, 5.41) is 1.75. The largest absolute Gasteiger partial charge is 0.444 e. The number of sulfone groups is 1. The lowest BCUT2D eigenvalue weighted by molar-refractivity contribution is 0.0493. The van der Waals surface area contributed by atoms with E-state index in [1.54, 1.807) is 70.2 Å². The molecule has 2 rings (SSSR count). The molecule has 1 aliphatic rings. The second-order valence-corrected chi connectivity index (χ2v) is 9.62. The quantitative estimate of drug-likeness (QED) is 0.785. The van der Waals surface area contributed by atoms with Crippen molar-refractivity contribution in [2.75, 3.05) is 0 Å². The maximum absolute atomic E-state index is 13.1. The van der Waals surface area contributed by atoms with Gasteiger partial charge in [0.2, 0.25) is 0 Å². The molecule has 0 heterocycles. The fourth-order valence-corrected chi connectivity index (χ4v) is 4.34. The Balaban J connectivity index is 2.41. The van der Waals surface area contributed by atoms with Crippen LogP contribution in [-0.2, 0) is 14.6 Å². The molecule has 0 aliphatic heterocycles. The van der Waals surface area contributed by atoms with Crippen molar-refractivity contribution in [1.82, 2.24) is 5.32 Å². The molecule has 1 aromatic carbocycles. The van der Waals surface area contributed by atoms with Gasteiger partial charge in [-0.05, 0) is 39.8 Å². The van der Waals surface area contributed by atoms with E-state index in [1.807, 2.05) is 0 Å². The highest BCUT2D eigenvalue weighted by molar-refractivity contribution is 7.92. The summed E-state index contributed by atoms with van der Waals surface area (Å²) in [7, 11) is -3.72. The number of hydrogen-bond donors (Lipinski definition) is 2. The number of alkyl carbamates (subject to hydrolysis) is 1. The van der Waals surface area contributed by atoms with Crippen molar-refractivity contribution in [2.45, 2.75) is 55.0 Å². The minimum Gasteiger partial charge on any atom is -0.444 e. The van der Waals surface area contributed by atoms with Crippen LogP contribution in [0, 0.1) is 0 Å². The number of carbonyl (C=O) groups excluding carboxylic acids is 1. The van der Waals surface area contributed by atoms with Gasteiger partial charge in [-0.25, -0.2) is 13.2 Å². The Labute approximate surface area is 155 Å². The molecule has 0 saturated heterocycles. The Hall–Kier alpha value is -2.12. The monoisotopic (exact) mass is 378 g/mol. The topological polar surface area (TPSA) is 98.5 Å². The van der Waals surface area contributed by atoms with Crippen LogP contribution in [0.3, 0.4) is 0 Å². The molecule has 0 saturated carbocycles. The lowest BCUT2D eigenvalue weighted by Crippen LogP contribution is -2.57. The van der Waals surface area contributed by atoms with E-state index in [-0.39, 0.29) is 10.9 Å². The molecular weight excluding hydrogens is 352 g/mol. The lowest BCUT2D eigenvalue weighted by atomic mass is 9.89. The van der Waals surface area contributed by atoms with Crippen molar-refractivity contribution in [3.63, 3.8) is 0 Å². The van der Waals surface area contributed by atoms with E-state index in [4.69, 9.17) is 10.5 Å². The molecule has 142 valence electrons. The fraction of sp³-hybridized carbons (Fsp3) is 0.421. The second-order valence-electron chi connectivity index (χ2n) is 7.36. The van der Waals surface area contributed by atoms with Gasteiger partial charge in [-0.1, -0.05) is 42.5 Å². The van der Waals surface area contributed by atoms with Gasteiger partial charge < -0.3 is 15.8 Å². The highest BCUT2D eigenvalue weighted by atomic mass is 32.2. The van der Waals surface area contributed by atoms with Crippen LogP contribution < -0.4 is 11.1 Å². The van der Waals surface area contributed by atoms with Gasteiger partial charge in [0.05, 0.1) is 15.7 Å². The summed E-state index contributed by atoms with van der Waals surface area (Å²) in [6.07, 6.45) is 5.86. The summed E-state index contributed by atoms with van der Waals surface area (Å²) in [5.74, 6) is 0. The van der Waals surface area contributed by atoms with Gasteiger partial charge in [-0.15, -0.1) is 0 Å². The lowest BCUT2D eigenvalue weighted by Gasteiger charge is -2.37. The van der Waals surface area contributed by atoms with E-state index in [0.29, 0.717) is 0 Å². The molecule has 0 spiro atoms.